The van der Waals surface area contributed by atoms with Gasteiger partial charge in [-0.05, 0) is 12.5 Å². The molecule has 0 saturated carbocycles. The fourth-order valence-electron chi connectivity index (χ4n) is 1.45. The molecule has 3 heteroatoms. The lowest BCUT2D eigenvalue weighted by atomic mass is 9.89. The molecule has 17 heavy (non-hydrogen) atoms. The van der Waals surface area contributed by atoms with E-state index in [1.54, 1.807) is 0 Å². The first-order valence-electron chi connectivity index (χ1n) is 5.78. The number of amides is 1. The van der Waals surface area contributed by atoms with Gasteiger partial charge in [0, 0.05) is 5.41 Å². The molecule has 0 unspecified atom stereocenters. The summed E-state index contributed by atoms with van der Waals surface area (Å²) >= 11 is 0. The first-order valence-corrected chi connectivity index (χ1v) is 5.78. The number of aliphatic hydroxyl groups excluding tert-OH is 1. The molecule has 0 bridgehead atoms. The van der Waals surface area contributed by atoms with Crippen LogP contribution in [-0.2, 0) is 10.3 Å². The Hall–Kier alpha value is -1.35. The van der Waals surface area contributed by atoms with Gasteiger partial charge in [-0.25, -0.2) is 0 Å². The number of rotatable bonds is 3. The molecule has 0 heterocycles. The highest BCUT2D eigenvalue weighted by Gasteiger charge is 2.32. The van der Waals surface area contributed by atoms with E-state index in [0.29, 0.717) is 0 Å². The summed E-state index contributed by atoms with van der Waals surface area (Å²) in [6.45, 7) is 7.26. The molecular weight excluding hydrogens is 214 g/mol. The van der Waals surface area contributed by atoms with Gasteiger partial charge in [-0.3, -0.25) is 4.79 Å². The molecule has 1 rings (SSSR count). The first-order chi connectivity index (χ1) is 7.79. The van der Waals surface area contributed by atoms with Gasteiger partial charge >= 0.3 is 0 Å². The summed E-state index contributed by atoms with van der Waals surface area (Å²) in [5.41, 5.74) is -0.295. The van der Waals surface area contributed by atoms with Crippen LogP contribution < -0.4 is 5.32 Å². The third-order valence-corrected chi connectivity index (χ3v) is 2.80. The van der Waals surface area contributed by atoms with E-state index >= 15 is 0 Å². The van der Waals surface area contributed by atoms with E-state index in [-0.39, 0.29) is 12.5 Å². The van der Waals surface area contributed by atoms with Crippen LogP contribution in [0.15, 0.2) is 30.3 Å². The van der Waals surface area contributed by atoms with Crippen LogP contribution in [0.5, 0.6) is 0 Å². The van der Waals surface area contributed by atoms with Gasteiger partial charge in [-0.2, -0.15) is 0 Å². The Labute approximate surface area is 103 Å². The van der Waals surface area contributed by atoms with Gasteiger partial charge in [0.2, 0.25) is 5.91 Å². The third-order valence-electron chi connectivity index (χ3n) is 2.80. The summed E-state index contributed by atoms with van der Waals surface area (Å²) in [6, 6.07) is 9.50. The number of hydrogen-bond acceptors (Lipinski definition) is 2. The summed E-state index contributed by atoms with van der Waals surface area (Å²) in [6.07, 6.45) is 0. The lowest BCUT2D eigenvalue weighted by Gasteiger charge is -2.32. The van der Waals surface area contributed by atoms with Gasteiger partial charge < -0.3 is 10.4 Å². The minimum absolute atomic E-state index is 0.0714. The molecule has 0 aliphatic rings. The van der Waals surface area contributed by atoms with Crippen molar-refractivity contribution < 1.29 is 9.90 Å². The maximum Gasteiger partial charge on any atom is 0.226 e. The second kappa shape index (κ2) is 4.88. The van der Waals surface area contributed by atoms with Gasteiger partial charge in [0.1, 0.15) is 0 Å². The molecule has 1 amide bonds. The van der Waals surface area contributed by atoms with Crippen LogP contribution in [0, 0.1) is 5.41 Å². The molecule has 0 spiro atoms. The Morgan fingerprint density at radius 2 is 1.71 bits per heavy atom. The largest absolute Gasteiger partial charge is 0.394 e. The molecule has 0 fully saturated rings. The molecule has 2 N–H and O–H groups in total. The van der Waals surface area contributed by atoms with Gasteiger partial charge in [0.25, 0.3) is 0 Å². The van der Waals surface area contributed by atoms with E-state index in [1.807, 2.05) is 58.0 Å². The van der Waals surface area contributed by atoms with Crippen molar-refractivity contribution >= 4 is 5.91 Å². The molecule has 1 aromatic carbocycles. The van der Waals surface area contributed by atoms with Crippen molar-refractivity contribution in [3.05, 3.63) is 35.9 Å². The number of carbonyl (C=O) groups is 1. The van der Waals surface area contributed by atoms with Gasteiger partial charge in [-0.1, -0.05) is 51.1 Å². The molecule has 0 radical (unpaired) electrons. The van der Waals surface area contributed by atoms with Crippen LogP contribution in [0.2, 0.25) is 0 Å². The Kier molecular flexibility index (Phi) is 3.94. The topological polar surface area (TPSA) is 49.3 Å². The Balaban J connectivity index is 2.95. The molecule has 94 valence electrons. The van der Waals surface area contributed by atoms with Crippen LogP contribution >= 0.6 is 0 Å². The van der Waals surface area contributed by atoms with E-state index in [0.717, 1.165) is 5.56 Å². The second-order valence-electron chi connectivity index (χ2n) is 5.56. The summed E-state index contributed by atoms with van der Waals surface area (Å²) in [5, 5.41) is 12.4. The lowest BCUT2D eigenvalue weighted by Crippen LogP contribution is -2.50. The fourth-order valence-corrected chi connectivity index (χ4v) is 1.45. The zero-order valence-electron chi connectivity index (χ0n) is 10.9. The van der Waals surface area contributed by atoms with Gasteiger partial charge in [0.05, 0.1) is 12.1 Å². The van der Waals surface area contributed by atoms with E-state index in [9.17, 15) is 9.90 Å². The number of carbonyl (C=O) groups excluding carboxylic acids is 1. The maximum absolute atomic E-state index is 12.0. The molecule has 1 aromatic rings. The lowest BCUT2D eigenvalue weighted by molar-refractivity contribution is -0.131. The minimum Gasteiger partial charge on any atom is -0.394 e. The molecule has 3 nitrogen and oxygen atoms in total. The smallest absolute Gasteiger partial charge is 0.226 e. The van der Waals surface area contributed by atoms with Crippen LogP contribution in [0.25, 0.3) is 0 Å². The van der Waals surface area contributed by atoms with E-state index in [1.165, 1.54) is 0 Å². The van der Waals surface area contributed by atoms with Crippen LogP contribution in [-0.4, -0.2) is 17.6 Å². The average Bonchev–Trinajstić information content (AvgIpc) is 2.28. The minimum atomic E-state index is -0.731. The highest BCUT2D eigenvalue weighted by atomic mass is 16.3. The molecular formula is C14H21NO2. The van der Waals surface area contributed by atoms with E-state index in [4.69, 9.17) is 0 Å². The molecule has 0 aliphatic carbocycles. The van der Waals surface area contributed by atoms with Crippen molar-refractivity contribution in [1.82, 2.24) is 5.32 Å². The van der Waals surface area contributed by atoms with Gasteiger partial charge in [-0.15, -0.1) is 0 Å². The molecule has 1 atom stereocenters. The predicted octanol–water partition coefficient (Wildman–Crippen LogP) is 2.06. The summed E-state index contributed by atoms with van der Waals surface area (Å²) in [5.74, 6) is -0.0714. The Morgan fingerprint density at radius 1 is 1.18 bits per heavy atom. The summed E-state index contributed by atoms with van der Waals surface area (Å²) in [4.78, 5) is 12.0. The summed E-state index contributed by atoms with van der Waals surface area (Å²) < 4.78 is 0. The van der Waals surface area contributed by atoms with Crippen molar-refractivity contribution in [3.63, 3.8) is 0 Å². The second-order valence-corrected chi connectivity index (χ2v) is 5.56. The van der Waals surface area contributed by atoms with Crippen LogP contribution in [0.1, 0.15) is 33.3 Å². The molecule has 0 aliphatic heterocycles. The van der Waals surface area contributed by atoms with E-state index < -0.39 is 11.0 Å². The monoisotopic (exact) mass is 235 g/mol. The SMILES string of the molecule is CC(C)(C)C(=O)N[C@@](C)(CO)c1ccccc1. The van der Waals surface area contributed by atoms with Crippen LogP contribution in [0.4, 0.5) is 0 Å². The molecule has 0 saturated heterocycles. The molecule has 0 aromatic heterocycles. The van der Waals surface area contributed by atoms with Crippen molar-refractivity contribution in [1.29, 1.82) is 0 Å². The number of benzene rings is 1. The first kappa shape index (κ1) is 13.7. The van der Waals surface area contributed by atoms with Crippen LogP contribution in [0.3, 0.4) is 0 Å². The standard InChI is InChI=1S/C14H21NO2/c1-13(2,3)12(17)15-14(4,10-16)11-8-6-5-7-9-11/h5-9,16H,10H2,1-4H3,(H,15,17)/t14-/m0/s1. The quantitative estimate of drug-likeness (QED) is 0.842. The average molecular weight is 235 g/mol. The summed E-state index contributed by atoms with van der Waals surface area (Å²) in [7, 11) is 0. The van der Waals surface area contributed by atoms with Crippen molar-refractivity contribution in [3.8, 4) is 0 Å². The predicted molar refractivity (Wildman–Crippen MR) is 68.5 cm³/mol. The van der Waals surface area contributed by atoms with Crippen molar-refractivity contribution in [2.45, 2.75) is 33.2 Å². The normalized spacial score (nSPS) is 15.1. The number of hydrogen-bond donors (Lipinski definition) is 2. The number of nitrogens with one attached hydrogen (secondary N) is 1. The van der Waals surface area contributed by atoms with Crippen molar-refractivity contribution in [2.75, 3.05) is 6.61 Å². The fraction of sp³-hybridized carbons (Fsp3) is 0.500. The Bertz CT molecular complexity index is 381. The van der Waals surface area contributed by atoms with Gasteiger partial charge in [0.15, 0.2) is 0 Å². The highest BCUT2D eigenvalue weighted by Crippen LogP contribution is 2.23. The maximum atomic E-state index is 12.0. The highest BCUT2D eigenvalue weighted by molar-refractivity contribution is 5.82. The van der Waals surface area contributed by atoms with Crippen molar-refractivity contribution in [2.24, 2.45) is 5.41 Å². The third kappa shape index (κ3) is 3.30. The Morgan fingerprint density at radius 3 is 2.12 bits per heavy atom. The van der Waals surface area contributed by atoms with E-state index in [2.05, 4.69) is 5.32 Å². The number of aliphatic hydroxyl groups is 1. The zero-order chi connectivity index (χ0) is 13.1. The zero-order valence-corrected chi connectivity index (χ0v) is 10.9.